The molecule has 0 amide bonds. The normalized spacial score (nSPS) is 18.6. The van der Waals surface area contributed by atoms with Crippen molar-refractivity contribution in [3.8, 4) is 0 Å². The molecule has 4 heteroatoms. The standard InChI is InChI=1S/C14H18ClN3/c1-2-14(5-3-4-6-14)13-17-11-8-9(15)7-10(16)12(11)18-13/h7-8H,2-6,16H2,1H3,(H,17,18). The molecule has 0 spiro atoms. The Hall–Kier alpha value is -1.22. The smallest absolute Gasteiger partial charge is 0.113 e. The fourth-order valence-electron chi connectivity index (χ4n) is 3.17. The Morgan fingerprint density at radius 1 is 1.39 bits per heavy atom. The summed E-state index contributed by atoms with van der Waals surface area (Å²) in [6.07, 6.45) is 6.15. The van der Waals surface area contributed by atoms with E-state index in [0.29, 0.717) is 10.7 Å². The van der Waals surface area contributed by atoms with Gasteiger partial charge in [0, 0.05) is 10.4 Å². The lowest BCUT2D eigenvalue weighted by molar-refractivity contribution is 0.403. The molecule has 0 atom stereocenters. The second-order valence-electron chi connectivity index (χ2n) is 5.32. The highest BCUT2D eigenvalue weighted by atomic mass is 35.5. The van der Waals surface area contributed by atoms with Crippen molar-refractivity contribution >= 4 is 28.3 Å². The predicted molar refractivity (Wildman–Crippen MR) is 76.0 cm³/mol. The van der Waals surface area contributed by atoms with Gasteiger partial charge in [-0.3, -0.25) is 0 Å². The van der Waals surface area contributed by atoms with E-state index in [4.69, 9.17) is 22.3 Å². The summed E-state index contributed by atoms with van der Waals surface area (Å²) in [6.45, 7) is 2.24. The number of H-pyrrole nitrogens is 1. The van der Waals surface area contributed by atoms with Gasteiger partial charge in [0.05, 0.1) is 11.2 Å². The van der Waals surface area contributed by atoms with Crippen molar-refractivity contribution in [3.63, 3.8) is 0 Å². The van der Waals surface area contributed by atoms with Gasteiger partial charge in [-0.2, -0.15) is 0 Å². The second kappa shape index (κ2) is 4.16. The zero-order valence-corrected chi connectivity index (χ0v) is 11.3. The molecule has 1 aromatic heterocycles. The van der Waals surface area contributed by atoms with Gasteiger partial charge in [0.25, 0.3) is 0 Å². The second-order valence-corrected chi connectivity index (χ2v) is 5.75. The van der Waals surface area contributed by atoms with Crippen LogP contribution in [0.2, 0.25) is 5.02 Å². The average molecular weight is 264 g/mol. The summed E-state index contributed by atoms with van der Waals surface area (Å²) in [5, 5.41) is 0.659. The van der Waals surface area contributed by atoms with E-state index in [-0.39, 0.29) is 5.41 Å². The number of nitrogens with zero attached hydrogens (tertiary/aromatic N) is 1. The van der Waals surface area contributed by atoms with Crippen LogP contribution in [0.1, 0.15) is 44.9 Å². The summed E-state index contributed by atoms with van der Waals surface area (Å²) in [7, 11) is 0. The van der Waals surface area contributed by atoms with Crippen LogP contribution in [-0.4, -0.2) is 9.97 Å². The summed E-state index contributed by atoms with van der Waals surface area (Å²) in [6, 6.07) is 3.67. The van der Waals surface area contributed by atoms with Crippen molar-refractivity contribution < 1.29 is 0 Å². The van der Waals surface area contributed by atoms with Crippen molar-refractivity contribution in [2.45, 2.75) is 44.4 Å². The van der Waals surface area contributed by atoms with Gasteiger partial charge in [0.2, 0.25) is 0 Å². The van der Waals surface area contributed by atoms with Gasteiger partial charge in [-0.25, -0.2) is 4.98 Å². The minimum atomic E-state index is 0.220. The molecule has 1 aromatic carbocycles. The van der Waals surface area contributed by atoms with Crippen molar-refractivity contribution in [1.29, 1.82) is 0 Å². The predicted octanol–water partition coefficient (Wildman–Crippen LogP) is 4.02. The number of aromatic amines is 1. The Labute approximate surface area is 112 Å². The Kier molecular flexibility index (Phi) is 2.74. The number of hydrogen-bond donors (Lipinski definition) is 2. The minimum absolute atomic E-state index is 0.220. The first kappa shape index (κ1) is 11.8. The third-order valence-electron chi connectivity index (χ3n) is 4.32. The first-order chi connectivity index (χ1) is 8.64. The number of benzene rings is 1. The molecule has 0 saturated heterocycles. The Morgan fingerprint density at radius 3 is 2.78 bits per heavy atom. The van der Waals surface area contributed by atoms with E-state index in [0.717, 1.165) is 23.3 Å². The zero-order valence-electron chi connectivity index (χ0n) is 10.6. The molecule has 96 valence electrons. The molecular weight excluding hydrogens is 246 g/mol. The summed E-state index contributed by atoms with van der Waals surface area (Å²) in [5.74, 6) is 1.09. The van der Waals surface area contributed by atoms with Crippen molar-refractivity contribution in [1.82, 2.24) is 9.97 Å². The quantitative estimate of drug-likeness (QED) is 0.804. The highest BCUT2D eigenvalue weighted by Crippen LogP contribution is 2.43. The molecule has 1 aliphatic rings. The van der Waals surface area contributed by atoms with Crippen LogP contribution < -0.4 is 5.73 Å². The van der Waals surface area contributed by atoms with Crippen LogP contribution in [0.15, 0.2) is 12.1 Å². The lowest BCUT2D eigenvalue weighted by atomic mass is 9.83. The fraction of sp³-hybridized carbons (Fsp3) is 0.500. The molecule has 1 saturated carbocycles. The Bertz CT molecular complexity index is 582. The molecule has 3 nitrogen and oxygen atoms in total. The van der Waals surface area contributed by atoms with Gasteiger partial charge in [-0.1, -0.05) is 31.4 Å². The SMILES string of the molecule is CCC1(c2nc3c(N)cc(Cl)cc3[nH]2)CCCC1. The van der Waals surface area contributed by atoms with E-state index >= 15 is 0 Å². The third kappa shape index (κ3) is 1.69. The van der Waals surface area contributed by atoms with E-state index in [2.05, 4.69) is 11.9 Å². The maximum atomic E-state index is 6.03. The molecule has 0 radical (unpaired) electrons. The van der Waals surface area contributed by atoms with Gasteiger partial charge in [-0.05, 0) is 31.4 Å². The van der Waals surface area contributed by atoms with E-state index in [1.54, 1.807) is 6.07 Å². The molecule has 0 bridgehead atoms. The highest BCUT2D eigenvalue weighted by molar-refractivity contribution is 6.31. The van der Waals surface area contributed by atoms with E-state index < -0.39 is 0 Å². The van der Waals surface area contributed by atoms with E-state index in [9.17, 15) is 0 Å². The van der Waals surface area contributed by atoms with Crippen LogP contribution >= 0.6 is 11.6 Å². The van der Waals surface area contributed by atoms with Crippen LogP contribution in [0.5, 0.6) is 0 Å². The van der Waals surface area contributed by atoms with Crippen LogP contribution in [0.25, 0.3) is 11.0 Å². The monoisotopic (exact) mass is 263 g/mol. The molecule has 1 aliphatic carbocycles. The number of rotatable bonds is 2. The van der Waals surface area contributed by atoms with Crippen LogP contribution in [0.3, 0.4) is 0 Å². The van der Waals surface area contributed by atoms with Crippen LogP contribution in [-0.2, 0) is 5.41 Å². The molecule has 0 aliphatic heterocycles. The van der Waals surface area contributed by atoms with E-state index in [1.165, 1.54) is 25.7 Å². The summed E-state index contributed by atoms with van der Waals surface area (Å²) >= 11 is 6.03. The average Bonchev–Trinajstić information content (AvgIpc) is 2.94. The molecule has 1 fully saturated rings. The van der Waals surface area contributed by atoms with Gasteiger partial charge in [0.1, 0.15) is 11.3 Å². The number of halogens is 1. The first-order valence-corrected chi connectivity index (χ1v) is 6.98. The Balaban J connectivity index is 2.16. The maximum absolute atomic E-state index is 6.03. The number of nitrogens with two attached hydrogens (primary N) is 1. The fourth-order valence-corrected chi connectivity index (χ4v) is 3.40. The maximum Gasteiger partial charge on any atom is 0.113 e. The zero-order chi connectivity index (χ0) is 12.8. The molecule has 3 N–H and O–H groups in total. The van der Waals surface area contributed by atoms with Crippen molar-refractivity contribution in [2.24, 2.45) is 0 Å². The third-order valence-corrected chi connectivity index (χ3v) is 4.54. The molecular formula is C14H18ClN3. The number of aromatic nitrogens is 2. The summed E-state index contributed by atoms with van der Waals surface area (Å²) in [4.78, 5) is 8.17. The largest absolute Gasteiger partial charge is 0.397 e. The van der Waals surface area contributed by atoms with Crippen LogP contribution in [0.4, 0.5) is 5.69 Å². The number of nitrogen functional groups attached to an aromatic ring is 1. The number of hydrogen-bond acceptors (Lipinski definition) is 2. The van der Waals surface area contributed by atoms with Gasteiger partial charge in [0.15, 0.2) is 0 Å². The van der Waals surface area contributed by atoms with Crippen molar-refractivity contribution in [3.05, 3.63) is 23.0 Å². The lowest BCUT2D eigenvalue weighted by Crippen LogP contribution is -2.22. The number of anilines is 1. The minimum Gasteiger partial charge on any atom is -0.397 e. The molecule has 2 aromatic rings. The van der Waals surface area contributed by atoms with Gasteiger partial charge < -0.3 is 10.7 Å². The van der Waals surface area contributed by atoms with Gasteiger partial charge in [-0.15, -0.1) is 0 Å². The summed E-state index contributed by atoms with van der Waals surface area (Å²) in [5.41, 5.74) is 8.67. The highest BCUT2D eigenvalue weighted by Gasteiger charge is 2.36. The van der Waals surface area contributed by atoms with Crippen molar-refractivity contribution in [2.75, 3.05) is 5.73 Å². The summed E-state index contributed by atoms with van der Waals surface area (Å²) < 4.78 is 0. The lowest BCUT2D eigenvalue weighted by Gasteiger charge is -2.24. The van der Waals surface area contributed by atoms with E-state index in [1.807, 2.05) is 6.07 Å². The molecule has 1 heterocycles. The molecule has 0 unspecified atom stereocenters. The van der Waals surface area contributed by atoms with Gasteiger partial charge >= 0.3 is 0 Å². The number of nitrogens with one attached hydrogen (secondary N) is 1. The molecule has 3 rings (SSSR count). The topological polar surface area (TPSA) is 54.7 Å². The Morgan fingerprint density at radius 2 is 2.11 bits per heavy atom. The number of fused-ring (bicyclic) bond motifs is 1. The first-order valence-electron chi connectivity index (χ1n) is 6.60. The molecule has 18 heavy (non-hydrogen) atoms. The van der Waals surface area contributed by atoms with Crippen LogP contribution in [0, 0.1) is 0 Å². The number of imidazole rings is 1.